The van der Waals surface area contributed by atoms with Gasteiger partial charge in [-0.15, -0.1) is 0 Å². The van der Waals surface area contributed by atoms with Crippen LogP contribution in [0.5, 0.6) is 0 Å². The largest absolute Gasteiger partial charge is 0.309 e. The van der Waals surface area contributed by atoms with Crippen LogP contribution in [0.2, 0.25) is 0 Å². The number of aromatic nitrogens is 1. The third-order valence-corrected chi connectivity index (χ3v) is 4.12. The summed E-state index contributed by atoms with van der Waals surface area (Å²) in [5.74, 6) is 0. The maximum Gasteiger partial charge on any atom is 0.0718 e. The highest BCUT2D eigenvalue weighted by Gasteiger charge is 2.15. The van der Waals surface area contributed by atoms with Gasteiger partial charge in [-0.25, -0.2) is 0 Å². The van der Waals surface area contributed by atoms with Crippen LogP contribution < -0.4 is 5.32 Å². The van der Waals surface area contributed by atoms with Crippen molar-refractivity contribution in [2.75, 3.05) is 6.54 Å². The van der Waals surface area contributed by atoms with E-state index in [1.165, 1.54) is 5.56 Å². The molecule has 0 spiro atoms. The molecule has 100 valence electrons. The summed E-state index contributed by atoms with van der Waals surface area (Å²) < 4.78 is 2.16. The number of hydrogen-bond donors (Lipinski definition) is 1. The lowest BCUT2D eigenvalue weighted by Crippen LogP contribution is -2.24. The van der Waals surface area contributed by atoms with E-state index in [9.17, 15) is 0 Å². The highest BCUT2D eigenvalue weighted by atomic mass is 79.9. The van der Waals surface area contributed by atoms with Crippen LogP contribution >= 0.6 is 31.9 Å². The molecule has 1 atom stereocenters. The lowest BCUT2D eigenvalue weighted by Gasteiger charge is -2.18. The molecule has 1 N–H and O–H groups in total. The highest BCUT2D eigenvalue weighted by Crippen LogP contribution is 2.24. The minimum Gasteiger partial charge on any atom is -0.309 e. The van der Waals surface area contributed by atoms with Gasteiger partial charge in [-0.2, -0.15) is 0 Å². The number of rotatable bonds is 5. The number of hydrogen-bond acceptors (Lipinski definition) is 2. The van der Waals surface area contributed by atoms with Gasteiger partial charge in [0.25, 0.3) is 0 Å². The van der Waals surface area contributed by atoms with Crippen molar-refractivity contribution >= 4 is 31.9 Å². The van der Waals surface area contributed by atoms with E-state index in [2.05, 4.69) is 73.3 Å². The molecule has 0 radical (unpaired) electrons. The fourth-order valence-corrected chi connectivity index (χ4v) is 2.82. The minimum atomic E-state index is 0.224. The van der Waals surface area contributed by atoms with E-state index in [1.54, 1.807) is 0 Å². The fraction of sp³-hybridized carbons (Fsp3) is 0.267. The van der Waals surface area contributed by atoms with Gasteiger partial charge in [-0.1, -0.05) is 35.0 Å². The van der Waals surface area contributed by atoms with Crippen molar-refractivity contribution in [3.8, 4) is 0 Å². The standard InChI is InChI=1S/C15H16Br2N2/c1-2-18-14(15-13(17)4-3-9-19-15)10-11-5-7-12(16)8-6-11/h3-9,14,18H,2,10H2,1H3. The Morgan fingerprint density at radius 3 is 2.53 bits per heavy atom. The zero-order chi connectivity index (χ0) is 13.7. The Hall–Kier alpha value is -0.710. The first-order chi connectivity index (χ1) is 9.20. The molecular formula is C15H16Br2N2. The predicted molar refractivity (Wildman–Crippen MR) is 86.2 cm³/mol. The second-order valence-electron chi connectivity index (χ2n) is 4.31. The molecule has 1 aromatic carbocycles. The van der Waals surface area contributed by atoms with Crippen molar-refractivity contribution in [1.29, 1.82) is 0 Å². The number of nitrogens with one attached hydrogen (secondary N) is 1. The normalized spacial score (nSPS) is 12.4. The summed E-state index contributed by atoms with van der Waals surface area (Å²) in [5, 5.41) is 3.50. The number of pyridine rings is 1. The topological polar surface area (TPSA) is 24.9 Å². The number of halogens is 2. The Bertz CT molecular complexity index is 526. The van der Waals surface area contributed by atoms with Crippen LogP contribution in [0.3, 0.4) is 0 Å². The smallest absolute Gasteiger partial charge is 0.0718 e. The molecule has 19 heavy (non-hydrogen) atoms. The van der Waals surface area contributed by atoms with Crippen molar-refractivity contribution in [1.82, 2.24) is 10.3 Å². The van der Waals surface area contributed by atoms with Gasteiger partial charge in [-0.05, 0) is 58.7 Å². The van der Waals surface area contributed by atoms with E-state index in [1.807, 2.05) is 18.3 Å². The second-order valence-corrected chi connectivity index (χ2v) is 6.08. The minimum absolute atomic E-state index is 0.224. The van der Waals surface area contributed by atoms with Gasteiger partial charge < -0.3 is 5.32 Å². The molecule has 0 saturated carbocycles. The third kappa shape index (κ3) is 4.13. The molecular weight excluding hydrogens is 368 g/mol. The molecule has 1 aromatic heterocycles. The summed E-state index contributed by atoms with van der Waals surface area (Å²) in [6, 6.07) is 12.6. The zero-order valence-electron chi connectivity index (χ0n) is 10.7. The molecule has 1 heterocycles. The summed E-state index contributed by atoms with van der Waals surface area (Å²) in [5.41, 5.74) is 2.36. The highest BCUT2D eigenvalue weighted by molar-refractivity contribution is 9.10. The molecule has 0 fully saturated rings. The van der Waals surface area contributed by atoms with Crippen LogP contribution in [0.4, 0.5) is 0 Å². The second kappa shape index (κ2) is 7.17. The summed E-state index contributed by atoms with van der Waals surface area (Å²) in [4.78, 5) is 4.49. The Morgan fingerprint density at radius 1 is 1.16 bits per heavy atom. The fourth-order valence-electron chi connectivity index (χ4n) is 2.02. The monoisotopic (exact) mass is 382 g/mol. The van der Waals surface area contributed by atoms with Crippen molar-refractivity contribution in [2.45, 2.75) is 19.4 Å². The van der Waals surface area contributed by atoms with E-state index in [0.29, 0.717) is 0 Å². The van der Waals surface area contributed by atoms with Crippen LogP contribution in [-0.2, 0) is 6.42 Å². The average Bonchev–Trinajstić information content (AvgIpc) is 2.41. The number of likely N-dealkylation sites (N-methyl/N-ethyl adjacent to an activating group) is 1. The average molecular weight is 384 g/mol. The van der Waals surface area contributed by atoms with Gasteiger partial charge in [-0.3, -0.25) is 4.98 Å². The number of benzene rings is 1. The summed E-state index contributed by atoms with van der Waals surface area (Å²) in [6.45, 7) is 3.04. The Morgan fingerprint density at radius 2 is 1.89 bits per heavy atom. The van der Waals surface area contributed by atoms with Gasteiger partial charge in [0.2, 0.25) is 0 Å². The molecule has 0 bridgehead atoms. The molecule has 0 aliphatic rings. The Labute approximate surface area is 130 Å². The van der Waals surface area contributed by atoms with Crippen molar-refractivity contribution in [2.24, 2.45) is 0 Å². The van der Waals surface area contributed by atoms with Crippen LogP contribution in [0.15, 0.2) is 51.5 Å². The van der Waals surface area contributed by atoms with E-state index < -0.39 is 0 Å². The zero-order valence-corrected chi connectivity index (χ0v) is 13.9. The van der Waals surface area contributed by atoms with Crippen LogP contribution in [0.1, 0.15) is 24.2 Å². The maximum absolute atomic E-state index is 4.49. The molecule has 2 aromatic rings. The SMILES string of the molecule is CCNC(Cc1ccc(Br)cc1)c1ncccc1Br. The van der Waals surface area contributed by atoms with Crippen LogP contribution in [0.25, 0.3) is 0 Å². The molecule has 4 heteroatoms. The third-order valence-electron chi connectivity index (χ3n) is 2.92. The van der Waals surface area contributed by atoms with Gasteiger partial charge >= 0.3 is 0 Å². The Kier molecular flexibility index (Phi) is 5.55. The summed E-state index contributed by atoms with van der Waals surface area (Å²) >= 11 is 7.05. The summed E-state index contributed by atoms with van der Waals surface area (Å²) in [6.07, 6.45) is 2.77. The first-order valence-electron chi connectivity index (χ1n) is 6.29. The molecule has 0 aliphatic carbocycles. The van der Waals surface area contributed by atoms with Gasteiger partial charge in [0.05, 0.1) is 11.7 Å². The van der Waals surface area contributed by atoms with E-state index in [4.69, 9.17) is 0 Å². The lowest BCUT2D eigenvalue weighted by molar-refractivity contribution is 0.534. The summed E-state index contributed by atoms with van der Waals surface area (Å²) in [7, 11) is 0. The molecule has 0 amide bonds. The predicted octanol–water partition coefficient (Wildman–Crippen LogP) is 4.50. The van der Waals surface area contributed by atoms with E-state index >= 15 is 0 Å². The van der Waals surface area contributed by atoms with Gasteiger partial charge in [0, 0.05) is 15.1 Å². The molecule has 2 rings (SSSR count). The quantitative estimate of drug-likeness (QED) is 0.822. The first-order valence-corrected chi connectivity index (χ1v) is 7.87. The van der Waals surface area contributed by atoms with Gasteiger partial charge in [0.15, 0.2) is 0 Å². The lowest BCUT2D eigenvalue weighted by atomic mass is 10.0. The molecule has 2 nitrogen and oxygen atoms in total. The van der Waals surface area contributed by atoms with Crippen molar-refractivity contribution < 1.29 is 0 Å². The van der Waals surface area contributed by atoms with Crippen molar-refractivity contribution in [3.05, 3.63) is 62.8 Å². The van der Waals surface area contributed by atoms with Gasteiger partial charge in [0.1, 0.15) is 0 Å². The molecule has 0 aliphatic heterocycles. The van der Waals surface area contributed by atoms with Crippen LogP contribution in [-0.4, -0.2) is 11.5 Å². The number of nitrogens with zero attached hydrogens (tertiary/aromatic N) is 1. The maximum atomic E-state index is 4.49. The molecule has 0 saturated heterocycles. The van der Waals surface area contributed by atoms with E-state index in [-0.39, 0.29) is 6.04 Å². The first kappa shape index (κ1) is 14.7. The molecule has 1 unspecified atom stereocenters. The van der Waals surface area contributed by atoms with Crippen molar-refractivity contribution in [3.63, 3.8) is 0 Å². The van der Waals surface area contributed by atoms with E-state index in [0.717, 1.165) is 27.6 Å². The van der Waals surface area contributed by atoms with Crippen LogP contribution in [0, 0.1) is 0 Å². The Balaban J connectivity index is 2.21.